The zero-order valence-corrected chi connectivity index (χ0v) is 15.5. The molecular formula is C20H22N2O6. The summed E-state index contributed by atoms with van der Waals surface area (Å²) in [5, 5.41) is 5.68. The van der Waals surface area contributed by atoms with E-state index in [1.807, 2.05) is 25.1 Å². The van der Waals surface area contributed by atoms with Gasteiger partial charge in [0.1, 0.15) is 25.6 Å². The van der Waals surface area contributed by atoms with Gasteiger partial charge in [-0.05, 0) is 36.8 Å². The summed E-state index contributed by atoms with van der Waals surface area (Å²) < 4.78 is 27.3. The number of urea groups is 1. The van der Waals surface area contributed by atoms with Gasteiger partial charge in [-0.3, -0.25) is 0 Å². The van der Waals surface area contributed by atoms with Crippen molar-refractivity contribution in [1.82, 2.24) is 10.6 Å². The summed E-state index contributed by atoms with van der Waals surface area (Å²) in [4.78, 5) is 12.1. The zero-order chi connectivity index (χ0) is 19.3. The Morgan fingerprint density at radius 3 is 2.61 bits per heavy atom. The molecule has 2 N–H and O–H groups in total. The SMILES string of the molecule is CC(NC(=O)NCCOc1ccc2c(c1)OCO2)c1ccc2c(c1)OCCO2. The Hall–Kier alpha value is -3.29. The first-order valence-electron chi connectivity index (χ1n) is 9.15. The Kier molecular flexibility index (Phi) is 5.27. The molecule has 2 aromatic carbocycles. The molecule has 0 bridgehead atoms. The molecule has 2 aromatic rings. The van der Waals surface area contributed by atoms with E-state index in [1.54, 1.807) is 18.2 Å². The summed E-state index contributed by atoms with van der Waals surface area (Å²) in [5.74, 6) is 3.47. The van der Waals surface area contributed by atoms with Crippen molar-refractivity contribution < 1.29 is 28.5 Å². The van der Waals surface area contributed by atoms with Crippen molar-refractivity contribution in [2.24, 2.45) is 0 Å². The van der Waals surface area contributed by atoms with E-state index in [2.05, 4.69) is 10.6 Å². The van der Waals surface area contributed by atoms with E-state index in [9.17, 15) is 4.79 Å². The van der Waals surface area contributed by atoms with E-state index < -0.39 is 0 Å². The second-order valence-electron chi connectivity index (χ2n) is 6.39. The molecule has 0 saturated heterocycles. The first-order chi connectivity index (χ1) is 13.7. The highest BCUT2D eigenvalue weighted by molar-refractivity contribution is 5.74. The highest BCUT2D eigenvalue weighted by Crippen LogP contribution is 2.35. The number of fused-ring (bicyclic) bond motifs is 2. The fourth-order valence-corrected chi connectivity index (χ4v) is 2.96. The van der Waals surface area contributed by atoms with Gasteiger partial charge in [-0.2, -0.15) is 0 Å². The Bertz CT molecular complexity index is 857. The van der Waals surface area contributed by atoms with Gasteiger partial charge >= 0.3 is 6.03 Å². The van der Waals surface area contributed by atoms with Crippen molar-refractivity contribution in [2.45, 2.75) is 13.0 Å². The van der Waals surface area contributed by atoms with Gasteiger partial charge in [0, 0.05) is 6.07 Å². The Balaban J connectivity index is 1.21. The molecule has 148 valence electrons. The van der Waals surface area contributed by atoms with Crippen LogP contribution in [-0.4, -0.2) is 39.2 Å². The third-order valence-electron chi connectivity index (χ3n) is 4.41. The zero-order valence-electron chi connectivity index (χ0n) is 15.5. The van der Waals surface area contributed by atoms with Crippen LogP contribution >= 0.6 is 0 Å². The molecule has 2 aliphatic rings. The van der Waals surface area contributed by atoms with Gasteiger partial charge in [-0.25, -0.2) is 4.79 Å². The molecule has 0 radical (unpaired) electrons. The summed E-state index contributed by atoms with van der Waals surface area (Å²) in [7, 11) is 0. The number of amides is 2. The van der Waals surface area contributed by atoms with Crippen LogP contribution in [-0.2, 0) is 0 Å². The topological polar surface area (TPSA) is 87.3 Å². The number of carbonyl (C=O) groups is 1. The standard InChI is InChI=1S/C20H22N2O6/c1-13(14-2-4-16-18(10-14)26-9-8-25-16)22-20(23)21-6-7-24-15-3-5-17-19(11-15)28-12-27-17/h2-5,10-11,13H,6-9,12H2,1H3,(H2,21,22,23). The molecule has 8 heteroatoms. The minimum Gasteiger partial charge on any atom is -0.492 e. The van der Waals surface area contributed by atoms with Crippen molar-refractivity contribution in [2.75, 3.05) is 33.2 Å². The van der Waals surface area contributed by atoms with Crippen molar-refractivity contribution >= 4 is 6.03 Å². The lowest BCUT2D eigenvalue weighted by molar-refractivity contribution is 0.171. The van der Waals surface area contributed by atoms with Gasteiger partial charge in [0.25, 0.3) is 0 Å². The second-order valence-corrected chi connectivity index (χ2v) is 6.39. The highest BCUT2D eigenvalue weighted by atomic mass is 16.7. The normalized spacial score (nSPS) is 14.9. The molecule has 0 spiro atoms. The first kappa shape index (κ1) is 18.1. The van der Waals surface area contributed by atoms with Crippen LogP contribution in [0, 0.1) is 0 Å². The number of rotatable bonds is 6. The smallest absolute Gasteiger partial charge is 0.315 e. The van der Waals surface area contributed by atoms with Crippen LogP contribution in [0.5, 0.6) is 28.7 Å². The molecule has 1 atom stereocenters. The molecule has 1 unspecified atom stereocenters. The van der Waals surface area contributed by atoms with Crippen LogP contribution in [0.2, 0.25) is 0 Å². The molecule has 0 saturated carbocycles. The highest BCUT2D eigenvalue weighted by Gasteiger charge is 2.16. The van der Waals surface area contributed by atoms with Crippen molar-refractivity contribution in [1.29, 1.82) is 0 Å². The number of hydrogen-bond donors (Lipinski definition) is 2. The summed E-state index contributed by atoms with van der Waals surface area (Å²) in [5.41, 5.74) is 0.941. The summed E-state index contributed by atoms with van der Waals surface area (Å²) in [6, 6.07) is 10.6. The Labute approximate surface area is 162 Å². The third-order valence-corrected chi connectivity index (χ3v) is 4.41. The molecule has 0 aliphatic carbocycles. The average Bonchev–Trinajstić information content (AvgIpc) is 3.18. The van der Waals surface area contributed by atoms with Gasteiger partial charge in [0.2, 0.25) is 6.79 Å². The predicted octanol–water partition coefficient (Wildman–Crippen LogP) is 2.63. The van der Waals surface area contributed by atoms with E-state index in [1.165, 1.54) is 0 Å². The molecule has 4 rings (SSSR count). The predicted molar refractivity (Wildman–Crippen MR) is 100 cm³/mol. The molecule has 28 heavy (non-hydrogen) atoms. The minimum atomic E-state index is -0.267. The maximum absolute atomic E-state index is 12.1. The molecule has 8 nitrogen and oxygen atoms in total. The van der Waals surface area contributed by atoms with Crippen LogP contribution in [0.4, 0.5) is 4.79 Å². The lowest BCUT2D eigenvalue weighted by Gasteiger charge is -2.21. The summed E-state index contributed by atoms with van der Waals surface area (Å²) in [6.45, 7) is 3.93. The number of carbonyl (C=O) groups excluding carboxylic acids is 1. The van der Waals surface area contributed by atoms with E-state index in [0.29, 0.717) is 49.4 Å². The average molecular weight is 386 g/mol. The van der Waals surface area contributed by atoms with Gasteiger partial charge < -0.3 is 34.3 Å². The number of hydrogen-bond acceptors (Lipinski definition) is 6. The van der Waals surface area contributed by atoms with Crippen LogP contribution < -0.4 is 34.3 Å². The number of benzene rings is 2. The van der Waals surface area contributed by atoms with Gasteiger partial charge in [-0.1, -0.05) is 6.07 Å². The maximum atomic E-state index is 12.1. The summed E-state index contributed by atoms with van der Waals surface area (Å²) in [6.07, 6.45) is 0. The fourth-order valence-electron chi connectivity index (χ4n) is 2.96. The van der Waals surface area contributed by atoms with Gasteiger partial charge in [-0.15, -0.1) is 0 Å². The molecule has 0 aromatic heterocycles. The van der Waals surface area contributed by atoms with E-state index in [-0.39, 0.29) is 18.9 Å². The van der Waals surface area contributed by atoms with Crippen molar-refractivity contribution in [3.8, 4) is 28.7 Å². The molecule has 2 aliphatic heterocycles. The number of ether oxygens (including phenoxy) is 5. The van der Waals surface area contributed by atoms with Crippen molar-refractivity contribution in [3.63, 3.8) is 0 Å². The lowest BCUT2D eigenvalue weighted by atomic mass is 10.1. The molecule has 2 amide bonds. The molecule has 2 heterocycles. The third kappa shape index (κ3) is 4.16. The van der Waals surface area contributed by atoms with E-state index in [0.717, 1.165) is 11.3 Å². The van der Waals surface area contributed by atoms with Gasteiger partial charge in [0.15, 0.2) is 23.0 Å². The van der Waals surface area contributed by atoms with Crippen LogP contribution in [0.15, 0.2) is 36.4 Å². The van der Waals surface area contributed by atoms with E-state index >= 15 is 0 Å². The largest absolute Gasteiger partial charge is 0.492 e. The fraction of sp³-hybridized carbons (Fsp3) is 0.350. The van der Waals surface area contributed by atoms with Crippen LogP contribution in [0.3, 0.4) is 0 Å². The Morgan fingerprint density at radius 1 is 1.00 bits per heavy atom. The molecular weight excluding hydrogens is 364 g/mol. The minimum absolute atomic E-state index is 0.175. The van der Waals surface area contributed by atoms with Crippen LogP contribution in [0.1, 0.15) is 18.5 Å². The quantitative estimate of drug-likeness (QED) is 0.742. The molecule has 0 fully saturated rings. The first-order valence-corrected chi connectivity index (χ1v) is 9.15. The van der Waals surface area contributed by atoms with E-state index in [4.69, 9.17) is 23.7 Å². The lowest BCUT2D eigenvalue weighted by Crippen LogP contribution is -2.39. The van der Waals surface area contributed by atoms with Crippen molar-refractivity contribution in [3.05, 3.63) is 42.0 Å². The number of nitrogens with one attached hydrogen (secondary N) is 2. The summed E-state index contributed by atoms with van der Waals surface area (Å²) >= 11 is 0. The Morgan fingerprint density at radius 2 is 1.71 bits per heavy atom. The maximum Gasteiger partial charge on any atom is 0.315 e. The van der Waals surface area contributed by atoms with Gasteiger partial charge in [0.05, 0.1) is 12.6 Å². The second kappa shape index (κ2) is 8.16. The van der Waals surface area contributed by atoms with Crippen LogP contribution in [0.25, 0.3) is 0 Å². The monoisotopic (exact) mass is 386 g/mol.